The van der Waals surface area contributed by atoms with Gasteiger partial charge in [0.05, 0.1) is 5.25 Å². The normalized spacial score (nSPS) is 26.3. The van der Waals surface area contributed by atoms with Crippen LogP contribution in [0, 0.1) is 11.8 Å². The number of rotatable bonds is 3. The van der Waals surface area contributed by atoms with Crippen LogP contribution in [0.15, 0.2) is 11.5 Å². The number of fused-ring (bicyclic) bond motifs is 2. The molecule has 2 aliphatic rings. The SMILES string of the molecule is CC(C)N(C)C(=O)n1cnc(S(=O)(=O)C2C[C@@H]3CC[C@H]2C3)n1.Cl. The van der Waals surface area contributed by atoms with Crippen LogP contribution in [0.5, 0.6) is 0 Å². The average molecular weight is 363 g/mol. The summed E-state index contributed by atoms with van der Waals surface area (Å²) in [5, 5.41) is 3.35. The molecule has 3 atom stereocenters. The van der Waals surface area contributed by atoms with Gasteiger partial charge in [-0.1, -0.05) is 6.42 Å². The van der Waals surface area contributed by atoms with E-state index in [0.717, 1.165) is 23.9 Å². The molecular formula is C14H23ClN4O3S. The third-order valence-electron chi connectivity index (χ3n) is 5.07. The molecule has 1 amide bonds. The summed E-state index contributed by atoms with van der Waals surface area (Å²) >= 11 is 0. The number of hydrogen-bond donors (Lipinski definition) is 0. The molecule has 2 saturated carbocycles. The largest absolute Gasteiger partial charge is 0.346 e. The predicted octanol–water partition coefficient (Wildman–Crippen LogP) is 1.97. The van der Waals surface area contributed by atoms with Crippen molar-refractivity contribution in [1.29, 1.82) is 0 Å². The molecule has 1 heterocycles. The molecule has 0 radical (unpaired) electrons. The lowest BCUT2D eigenvalue weighted by molar-refractivity contribution is 0.195. The number of carbonyl (C=O) groups excluding carboxylic acids is 1. The number of nitrogens with zero attached hydrogens (tertiary/aromatic N) is 4. The standard InChI is InChI=1S/C14H22N4O3S.ClH/c1-9(2)17(3)14(19)18-8-15-13(16-18)22(20,21)12-7-10-4-5-11(12)6-10;/h8-12H,4-7H2,1-3H3;1H/t10-,11+,12?;/m1./s1. The van der Waals surface area contributed by atoms with Gasteiger partial charge < -0.3 is 4.90 Å². The van der Waals surface area contributed by atoms with Crippen LogP contribution in [-0.4, -0.2) is 52.5 Å². The van der Waals surface area contributed by atoms with Crippen LogP contribution in [0.2, 0.25) is 0 Å². The Balaban J connectivity index is 0.00000192. The monoisotopic (exact) mass is 362 g/mol. The molecule has 0 saturated heterocycles. The highest BCUT2D eigenvalue weighted by Crippen LogP contribution is 2.48. The van der Waals surface area contributed by atoms with E-state index in [1.807, 2.05) is 13.8 Å². The van der Waals surface area contributed by atoms with Gasteiger partial charge in [-0.25, -0.2) is 18.2 Å². The molecule has 7 nitrogen and oxygen atoms in total. The fraction of sp³-hybridized carbons (Fsp3) is 0.786. The van der Waals surface area contributed by atoms with Gasteiger partial charge in [-0.15, -0.1) is 17.5 Å². The number of halogens is 1. The third-order valence-corrected chi connectivity index (χ3v) is 7.14. The van der Waals surface area contributed by atoms with Crippen LogP contribution in [0.3, 0.4) is 0 Å². The number of hydrogen-bond acceptors (Lipinski definition) is 5. The number of aromatic nitrogens is 3. The van der Waals surface area contributed by atoms with E-state index in [9.17, 15) is 13.2 Å². The summed E-state index contributed by atoms with van der Waals surface area (Å²) < 4.78 is 26.4. The van der Waals surface area contributed by atoms with Crippen LogP contribution < -0.4 is 0 Å². The molecule has 0 aromatic carbocycles. The summed E-state index contributed by atoms with van der Waals surface area (Å²) in [5.74, 6) is 0.761. The van der Waals surface area contributed by atoms with Crippen molar-refractivity contribution in [2.45, 2.75) is 56.0 Å². The zero-order valence-electron chi connectivity index (χ0n) is 13.5. The van der Waals surface area contributed by atoms with E-state index in [0.29, 0.717) is 12.3 Å². The van der Waals surface area contributed by atoms with E-state index in [1.165, 1.54) is 11.2 Å². The van der Waals surface area contributed by atoms with Crippen molar-refractivity contribution >= 4 is 28.3 Å². The highest BCUT2D eigenvalue weighted by molar-refractivity contribution is 7.91. The van der Waals surface area contributed by atoms with Crippen molar-refractivity contribution < 1.29 is 13.2 Å². The molecule has 2 aliphatic carbocycles. The summed E-state index contributed by atoms with van der Waals surface area (Å²) in [6, 6.07) is -0.376. The second-order valence-electron chi connectivity index (χ2n) is 6.72. The third kappa shape index (κ3) is 3.10. The van der Waals surface area contributed by atoms with Gasteiger partial charge in [0.25, 0.3) is 5.16 Å². The van der Waals surface area contributed by atoms with E-state index in [4.69, 9.17) is 0 Å². The molecule has 0 spiro atoms. The van der Waals surface area contributed by atoms with Gasteiger partial charge in [0.1, 0.15) is 6.33 Å². The van der Waals surface area contributed by atoms with Crippen LogP contribution in [0.4, 0.5) is 4.79 Å². The first-order valence-electron chi connectivity index (χ1n) is 7.73. The Hall–Kier alpha value is -1.15. The quantitative estimate of drug-likeness (QED) is 0.820. The van der Waals surface area contributed by atoms with E-state index in [2.05, 4.69) is 10.1 Å². The van der Waals surface area contributed by atoms with E-state index < -0.39 is 9.84 Å². The van der Waals surface area contributed by atoms with Crippen molar-refractivity contribution in [1.82, 2.24) is 19.7 Å². The summed E-state index contributed by atoms with van der Waals surface area (Å²) in [5.41, 5.74) is 0. The van der Waals surface area contributed by atoms with Gasteiger partial charge in [0.2, 0.25) is 9.84 Å². The molecule has 1 aromatic rings. The van der Waals surface area contributed by atoms with Gasteiger partial charge in [-0.2, -0.15) is 4.68 Å². The maximum absolute atomic E-state index is 12.7. The maximum Gasteiger partial charge on any atom is 0.346 e. The molecule has 1 aromatic heterocycles. The predicted molar refractivity (Wildman–Crippen MR) is 87.4 cm³/mol. The molecule has 0 N–H and O–H groups in total. The zero-order valence-corrected chi connectivity index (χ0v) is 15.2. The summed E-state index contributed by atoms with van der Waals surface area (Å²) in [7, 11) is -1.89. The Kier molecular flexibility index (Phi) is 5.06. The second kappa shape index (κ2) is 6.39. The van der Waals surface area contributed by atoms with Crippen LogP contribution >= 0.6 is 12.4 Å². The summed E-state index contributed by atoms with van der Waals surface area (Å²) in [4.78, 5) is 17.6. The Bertz CT molecular complexity index is 688. The second-order valence-corrected chi connectivity index (χ2v) is 8.78. The van der Waals surface area contributed by atoms with E-state index >= 15 is 0 Å². The van der Waals surface area contributed by atoms with Crippen LogP contribution in [0.1, 0.15) is 39.5 Å². The van der Waals surface area contributed by atoms with Crippen molar-refractivity contribution in [3.8, 4) is 0 Å². The topological polar surface area (TPSA) is 85.2 Å². The summed E-state index contributed by atoms with van der Waals surface area (Å²) in [6.45, 7) is 3.75. The molecule has 0 aliphatic heterocycles. The van der Waals surface area contributed by atoms with Crippen molar-refractivity contribution in [3.63, 3.8) is 0 Å². The lowest BCUT2D eigenvalue weighted by Gasteiger charge is -2.21. The van der Waals surface area contributed by atoms with E-state index in [-0.39, 0.29) is 40.8 Å². The number of sulfone groups is 1. The number of amides is 1. The lowest BCUT2D eigenvalue weighted by atomic mass is 10.0. The van der Waals surface area contributed by atoms with Gasteiger partial charge in [-0.3, -0.25) is 0 Å². The molecule has 9 heteroatoms. The van der Waals surface area contributed by atoms with Gasteiger partial charge in [-0.05, 0) is 44.9 Å². The van der Waals surface area contributed by atoms with Gasteiger partial charge in [0, 0.05) is 13.1 Å². The fourth-order valence-corrected chi connectivity index (χ4v) is 5.50. The molecule has 2 bridgehead atoms. The molecule has 3 rings (SSSR count). The highest BCUT2D eigenvalue weighted by atomic mass is 35.5. The molecule has 1 unspecified atom stereocenters. The first-order chi connectivity index (χ1) is 10.3. The fourth-order valence-electron chi connectivity index (χ4n) is 3.55. The van der Waals surface area contributed by atoms with E-state index in [1.54, 1.807) is 7.05 Å². The first-order valence-corrected chi connectivity index (χ1v) is 9.28. The maximum atomic E-state index is 12.7. The molecule has 23 heavy (non-hydrogen) atoms. The molecule has 2 fully saturated rings. The average Bonchev–Trinajstić information content (AvgIpc) is 3.20. The lowest BCUT2D eigenvalue weighted by Crippen LogP contribution is -2.36. The van der Waals surface area contributed by atoms with Crippen LogP contribution in [-0.2, 0) is 9.84 Å². The Morgan fingerprint density at radius 2 is 2.04 bits per heavy atom. The number of carbonyl (C=O) groups is 1. The Labute approximate surface area is 142 Å². The Morgan fingerprint density at radius 1 is 1.35 bits per heavy atom. The van der Waals surface area contributed by atoms with Crippen molar-refractivity contribution in [2.24, 2.45) is 11.8 Å². The minimum absolute atomic E-state index is 0. The summed E-state index contributed by atoms with van der Waals surface area (Å²) in [6.07, 6.45) is 5.02. The Morgan fingerprint density at radius 3 is 2.57 bits per heavy atom. The highest BCUT2D eigenvalue weighted by Gasteiger charge is 2.47. The van der Waals surface area contributed by atoms with Crippen LogP contribution in [0.25, 0.3) is 0 Å². The van der Waals surface area contributed by atoms with Crippen molar-refractivity contribution in [2.75, 3.05) is 7.05 Å². The van der Waals surface area contributed by atoms with Gasteiger partial charge in [0.15, 0.2) is 0 Å². The van der Waals surface area contributed by atoms with Gasteiger partial charge >= 0.3 is 6.03 Å². The smallest absolute Gasteiger partial charge is 0.323 e. The minimum Gasteiger partial charge on any atom is -0.323 e. The van der Waals surface area contributed by atoms with Crippen molar-refractivity contribution in [3.05, 3.63) is 6.33 Å². The minimum atomic E-state index is -3.54. The zero-order chi connectivity index (χ0) is 16.1. The first kappa shape index (κ1) is 18.2. The molecule has 130 valence electrons. The molecular weight excluding hydrogens is 340 g/mol.